The van der Waals surface area contributed by atoms with Crippen LogP contribution in [0.3, 0.4) is 0 Å². The Hall–Kier alpha value is -0.980. The highest BCUT2D eigenvalue weighted by Gasteiger charge is 2.40. The minimum absolute atomic E-state index is 0.167. The summed E-state index contributed by atoms with van der Waals surface area (Å²) in [5.74, 6) is 0.943. The molecule has 3 atom stereocenters. The highest BCUT2D eigenvalue weighted by molar-refractivity contribution is 7.92. The monoisotopic (exact) mass is 390 g/mol. The van der Waals surface area contributed by atoms with Crippen molar-refractivity contribution in [1.82, 2.24) is 5.32 Å². The lowest BCUT2D eigenvalue weighted by Gasteiger charge is -2.26. The molecule has 1 aromatic carbocycles. The Labute approximate surface area is 152 Å². The van der Waals surface area contributed by atoms with Crippen LogP contribution in [-0.2, 0) is 14.8 Å². The van der Waals surface area contributed by atoms with E-state index in [0.717, 1.165) is 23.4 Å². The maximum Gasteiger partial charge on any atom is 0.241 e. The highest BCUT2D eigenvalue weighted by atomic mass is 35.5. The molecule has 0 aromatic heterocycles. The second-order valence-electron chi connectivity index (χ2n) is 6.75. The molecule has 1 amide bonds. The van der Waals surface area contributed by atoms with Crippen molar-refractivity contribution in [2.24, 2.45) is 11.8 Å². The van der Waals surface area contributed by atoms with Gasteiger partial charge in [0.2, 0.25) is 15.9 Å². The second-order valence-corrected chi connectivity index (χ2v) is 9.53. The van der Waals surface area contributed by atoms with Gasteiger partial charge in [0.25, 0.3) is 0 Å². The fourth-order valence-electron chi connectivity index (χ4n) is 3.89. The van der Waals surface area contributed by atoms with Crippen molar-refractivity contribution >= 4 is 44.8 Å². The normalized spacial score (nSPS) is 25.7. The molecule has 2 fully saturated rings. The molecular formula is C16H20Cl2N2O3S. The summed E-state index contributed by atoms with van der Waals surface area (Å²) in [5, 5.41) is 3.64. The SMILES string of the molecule is CS(=O)(=O)N(CC(=O)N[C@@H]1C[C@H]2CC[C@@H]1C2)c1cc(Cl)cc(Cl)c1. The molecule has 8 heteroatoms. The minimum Gasteiger partial charge on any atom is -0.352 e. The highest BCUT2D eigenvalue weighted by Crippen LogP contribution is 2.44. The molecule has 0 heterocycles. The largest absolute Gasteiger partial charge is 0.352 e. The van der Waals surface area contributed by atoms with Gasteiger partial charge in [-0.25, -0.2) is 8.42 Å². The van der Waals surface area contributed by atoms with Crippen molar-refractivity contribution in [2.45, 2.75) is 31.7 Å². The maximum absolute atomic E-state index is 12.4. The van der Waals surface area contributed by atoms with Crippen molar-refractivity contribution in [2.75, 3.05) is 17.1 Å². The third kappa shape index (κ3) is 3.98. The molecule has 24 heavy (non-hydrogen) atoms. The number of anilines is 1. The molecule has 0 unspecified atom stereocenters. The number of nitrogens with zero attached hydrogens (tertiary/aromatic N) is 1. The molecular weight excluding hydrogens is 371 g/mol. The molecule has 0 aliphatic heterocycles. The number of rotatable bonds is 5. The van der Waals surface area contributed by atoms with Crippen LogP contribution in [-0.4, -0.2) is 33.2 Å². The van der Waals surface area contributed by atoms with E-state index >= 15 is 0 Å². The molecule has 0 radical (unpaired) electrons. The van der Waals surface area contributed by atoms with Crippen LogP contribution in [0.25, 0.3) is 0 Å². The number of nitrogens with one attached hydrogen (secondary N) is 1. The van der Waals surface area contributed by atoms with Crippen molar-refractivity contribution in [3.63, 3.8) is 0 Å². The van der Waals surface area contributed by atoms with Gasteiger partial charge in [0.15, 0.2) is 0 Å². The van der Waals surface area contributed by atoms with Crippen LogP contribution >= 0.6 is 23.2 Å². The quantitative estimate of drug-likeness (QED) is 0.839. The fraction of sp³-hybridized carbons (Fsp3) is 0.562. The maximum atomic E-state index is 12.4. The van der Waals surface area contributed by atoms with Gasteiger partial charge in [-0.15, -0.1) is 0 Å². The summed E-state index contributed by atoms with van der Waals surface area (Å²) in [7, 11) is -3.64. The van der Waals surface area contributed by atoms with Crippen molar-refractivity contribution < 1.29 is 13.2 Å². The number of hydrogen-bond acceptors (Lipinski definition) is 3. The Morgan fingerprint density at radius 3 is 2.38 bits per heavy atom. The molecule has 2 aliphatic rings. The predicted molar refractivity (Wildman–Crippen MR) is 96.0 cm³/mol. The zero-order valence-electron chi connectivity index (χ0n) is 13.3. The number of hydrogen-bond donors (Lipinski definition) is 1. The number of sulfonamides is 1. The van der Waals surface area contributed by atoms with Gasteiger partial charge < -0.3 is 5.32 Å². The first-order valence-corrected chi connectivity index (χ1v) is 10.6. The molecule has 5 nitrogen and oxygen atoms in total. The van der Waals surface area contributed by atoms with Crippen molar-refractivity contribution in [3.8, 4) is 0 Å². The van der Waals surface area contributed by atoms with Gasteiger partial charge in [-0.05, 0) is 49.3 Å². The van der Waals surface area contributed by atoms with E-state index in [9.17, 15) is 13.2 Å². The van der Waals surface area contributed by atoms with Crippen LogP contribution < -0.4 is 9.62 Å². The van der Waals surface area contributed by atoms with E-state index in [2.05, 4.69) is 5.32 Å². The average Bonchev–Trinajstić information content (AvgIpc) is 3.04. The first-order valence-electron chi connectivity index (χ1n) is 7.95. The van der Waals surface area contributed by atoms with E-state index in [4.69, 9.17) is 23.2 Å². The average molecular weight is 391 g/mol. The Morgan fingerprint density at radius 2 is 1.88 bits per heavy atom. The summed E-state index contributed by atoms with van der Waals surface area (Å²) in [6.07, 6.45) is 5.62. The zero-order valence-corrected chi connectivity index (χ0v) is 15.7. The molecule has 132 valence electrons. The summed E-state index contributed by atoms with van der Waals surface area (Å²) >= 11 is 11.9. The topological polar surface area (TPSA) is 66.5 Å². The number of amides is 1. The van der Waals surface area contributed by atoms with E-state index in [0.29, 0.717) is 21.9 Å². The lowest BCUT2D eigenvalue weighted by atomic mass is 9.95. The third-order valence-corrected chi connectivity index (χ3v) is 6.48. The van der Waals surface area contributed by atoms with Crippen LogP contribution in [0.5, 0.6) is 0 Å². The van der Waals surface area contributed by atoms with Gasteiger partial charge in [0.05, 0.1) is 11.9 Å². The van der Waals surface area contributed by atoms with E-state index < -0.39 is 10.0 Å². The van der Waals surface area contributed by atoms with Crippen molar-refractivity contribution in [1.29, 1.82) is 0 Å². The van der Waals surface area contributed by atoms with Gasteiger partial charge in [-0.3, -0.25) is 9.10 Å². The first-order chi connectivity index (χ1) is 11.2. The lowest BCUT2D eigenvalue weighted by Crippen LogP contribution is -2.45. The Morgan fingerprint density at radius 1 is 1.21 bits per heavy atom. The van der Waals surface area contributed by atoms with Crippen LogP contribution in [0.2, 0.25) is 10.0 Å². The molecule has 1 N–H and O–H groups in total. The van der Waals surface area contributed by atoms with Gasteiger partial charge in [0.1, 0.15) is 6.54 Å². The van der Waals surface area contributed by atoms with Gasteiger partial charge in [-0.2, -0.15) is 0 Å². The molecule has 3 rings (SSSR count). The Bertz CT molecular complexity index is 733. The Balaban J connectivity index is 1.74. The fourth-order valence-corrected chi connectivity index (χ4v) is 5.24. The molecule has 1 aromatic rings. The predicted octanol–water partition coefficient (Wildman–Crippen LogP) is 3.06. The Kier molecular flexibility index (Phi) is 5.00. The van der Waals surface area contributed by atoms with E-state index in [-0.39, 0.29) is 24.2 Å². The third-order valence-electron chi connectivity index (χ3n) is 4.91. The number of fused-ring (bicyclic) bond motifs is 2. The van der Waals surface area contributed by atoms with Gasteiger partial charge in [-0.1, -0.05) is 29.6 Å². The lowest BCUT2D eigenvalue weighted by molar-refractivity contribution is -0.120. The van der Waals surface area contributed by atoms with Gasteiger partial charge >= 0.3 is 0 Å². The van der Waals surface area contributed by atoms with Crippen LogP contribution in [0.1, 0.15) is 25.7 Å². The molecule has 2 saturated carbocycles. The number of carbonyl (C=O) groups excluding carboxylic acids is 1. The van der Waals surface area contributed by atoms with Crippen LogP contribution in [0.4, 0.5) is 5.69 Å². The molecule has 0 spiro atoms. The van der Waals surface area contributed by atoms with E-state index in [1.165, 1.54) is 31.0 Å². The summed E-state index contributed by atoms with van der Waals surface area (Å²) in [6, 6.07) is 4.65. The number of halogens is 2. The smallest absolute Gasteiger partial charge is 0.241 e. The summed E-state index contributed by atoms with van der Waals surface area (Å²) in [4.78, 5) is 12.4. The van der Waals surface area contributed by atoms with E-state index in [1.54, 1.807) is 0 Å². The van der Waals surface area contributed by atoms with E-state index in [1.807, 2.05) is 0 Å². The second kappa shape index (κ2) is 6.73. The summed E-state index contributed by atoms with van der Waals surface area (Å²) in [6.45, 7) is -0.274. The summed E-state index contributed by atoms with van der Waals surface area (Å²) in [5.41, 5.74) is 0.290. The first kappa shape index (κ1) is 17.8. The van der Waals surface area contributed by atoms with Crippen LogP contribution in [0, 0.1) is 11.8 Å². The standard InChI is InChI=1S/C16H20Cl2N2O3S/c1-24(22,23)20(14-7-12(17)6-13(18)8-14)9-16(21)19-15-5-10-2-3-11(15)4-10/h6-8,10-11,15H,2-5,9H2,1H3,(H,19,21)/t10-,11+,15+/m0/s1. The number of carbonyl (C=O) groups is 1. The summed E-state index contributed by atoms with van der Waals surface area (Å²) < 4.78 is 25.3. The number of benzene rings is 1. The van der Waals surface area contributed by atoms with Crippen LogP contribution in [0.15, 0.2) is 18.2 Å². The minimum atomic E-state index is -3.64. The van der Waals surface area contributed by atoms with Gasteiger partial charge in [0, 0.05) is 16.1 Å². The zero-order chi connectivity index (χ0) is 17.5. The molecule has 2 aliphatic carbocycles. The molecule has 2 bridgehead atoms. The van der Waals surface area contributed by atoms with Crippen molar-refractivity contribution in [3.05, 3.63) is 28.2 Å². The molecule has 0 saturated heterocycles.